The van der Waals surface area contributed by atoms with Crippen molar-refractivity contribution in [2.45, 2.75) is 20.8 Å². The van der Waals surface area contributed by atoms with Gasteiger partial charge in [0.1, 0.15) is 7.14 Å². The Morgan fingerprint density at radius 2 is 1.92 bits per heavy atom. The normalized spacial score (nSPS) is 11.6. The Morgan fingerprint density at radius 1 is 1.31 bits per heavy atom. The SMILES string of the molecule is CCP(=O)(CC)c1ccc(C)nc1. The topological polar surface area (TPSA) is 30.0 Å². The van der Waals surface area contributed by atoms with Gasteiger partial charge >= 0.3 is 0 Å². The Morgan fingerprint density at radius 3 is 2.31 bits per heavy atom. The number of aryl methyl sites for hydroxylation is 1. The molecule has 0 atom stereocenters. The van der Waals surface area contributed by atoms with Gasteiger partial charge in [0.15, 0.2) is 0 Å². The van der Waals surface area contributed by atoms with Gasteiger partial charge in [-0.1, -0.05) is 13.8 Å². The van der Waals surface area contributed by atoms with Crippen molar-refractivity contribution >= 4 is 12.4 Å². The van der Waals surface area contributed by atoms with E-state index in [1.54, 1.807) is 6.20 Å². The summed E-state index contributed by atoms with van der Waals surface area (Å²) in [4.78, 5) is 4.17. The highest BCUT2D eigenvalue weighted by Gasteiger charge is 2.19. The highest BCUT2D eigenvalue weighted by Crippen LogP contribution is 2.42. The molecule has 0 saturated carbocycles. The summed E-state index contributed by atoms with van der Waals surface area (Å²) in [6, 6.07) is 3.86. The Hall–Kier alpha value is -0.620. The zero-order valence-electron chi connectivity index (χ0n) is 8.45. The molecule has 0 bridgehead atoms. The van der Waals surface area contributed by atoms with Crippen LogP contribution in [0.1, 0.15) is 19.5 Å². The van der Waals surface area contributed by atoms with Crippen molar-refractivity contribution in [1.82, 2.24) is 4.98 Å². The number of hydrogen-bond donors (Lipinski definition) is 0. The van der Waals surface area contributed by atoms with Crippen LogP contribution in [0, 0.1) is 6.92 Å². The molecule has 0 radical (unpaired) electrons. The van der Waals surface area contributed by atoms with E-state index >= 15 is 0 Å². The first-order valence-corrected chi connectivity index (χ1v) is 6.71. The minimum Gasteiger partial charge on any atom is -0.319 e. The third kappa shape index (κ3) is 2.19. The molecule has 13 heavy (non-hydrogen) atoms. The lowest BCUT2D eigenvalue weighted by Gasteiger charge is -2.13. The summed E-state index contributed by atoms with van der Waals surface area (Å²) in [5, 5.41) is 0.920. The molecule has 0 N–H and O–H groups in total. The first kappa shape index (κ1) is 10.5. The summed E-state index contributed by atoms with van der Waals surface area (Å²) in [6.07, 6.45) is 3.21. The third-order valence-corrected chi connectivity index (χ3v) is 5.64. The molecule has 2 nitrogen and oxygen atoms in total. The van der Waals surface area contributed by atoms with Crippen molar-refractivity contribution < 1.29 is 4.57 Å². The van der Waals surface area contributed by atoms with Crippen LogP contribution in [-0.2, 0) is 4.57 Å². The first-order valence-electron chi connectivity index (χ1n) is 4.63. The van der Waals surface area contributed by atoms with E-state index in [9.17, 15) is 4.57 Å². The molecule has 1 aromatic rings. The highest BCUT2D eigenvalue weighted by atomic mass is 31.2. The van der Waals surface area contributed by atoms with E-state index in [0.717, 1.165) is 23.3 Å². The quantitative estimate of drug-likeness (QED) is 0.696. The van der Waals surface area contributed by atoms with Crippen LogP contribution in [-0.4, -0.2) is 17.3 Å². The summed E-state index contributed by atoms with van der Waals surface area (Å²) in [6.45, 7) is 5.89. The summed E-state index contributed by atoms with van der Waals surface area (Å²) in [5.74, 6) is 0. The highest BCUT2D eigenvalue weighted by molar-refractivity contribution is 7.71. The lowest BCUT2D eigenvalue weighted by atomic mass is 10.4. The van der Waals surface area contributed by atoms with Gasteiger partial charge in [-0.3, -0.25) is 4.98 Å². The van der Waals surface area contributed by atoms with E-state index < -0.39 is 7.14 Å². The molecule has 3 heteroatoms. The zero-order chi connectivity index (χ0) is 9.90. The fourth-order valence-electron chi connectivity index (χ4n) is 1.29. The molecule has 0 aromatic carbocycles. The Kier molecular flexibility index (Phi) is 3.27. The maximum Gasteiger partial charge on any atom is 0.116 e. The molecule has 0 aliphatic carbocycles. The van der Waals surface area contributed by atoms with Gasteiger partial charge in [0, 0.05) is 29.5 Å². The van der Waals surface area contributed by atoms with Crippen LogP contribution >= 0.6 is 7.14 Å². The van der Waals surface area contributed by atoms with Gasteiger partial charge in [-0.2, -0.15) is 0 Å². The van der Waals surface area contributed by atoms with Crippen molar-refractivity contribution in [2.24, 2.45) is 0 Å². The minimum atomic E-state index is -2.12. The summed E-state index contributed by atoms with van der Waals surface area (Å²) in [5.41, 5.74) is 0.975. The van der Waals surface area contributed by atoms with E-state index in [0.29, 0.717) is 0 Å². The molecule has 72 valence electrons. The largest absolute Gasteiger partial charge is 0.319 e. The van der Waals surface area contributed by atoms with Crippen LogP contribution in [0.4, 0.5) is 0 Å². The standard InChI is InChI=1S/C10H16NOP/c1-4-13(12,5-2)10-7-6-9(3)11-8-10/h6-8H,4-5H2,1-3H3. The molecule has 0 aliphatic heterocycles. The molecule has 0 saturated heterocycles. The van der Waals surface area contributed by atoms with Crippen LogP contribution in [0.2, 0.25) is 0 Å². The number of hydrogen-bond acceptors (Lipinski definition) is 2. The average molecular weight is 197 g/mol. The fraction of sp³-hybridized carbons (Fsp3) is 0.500. The second-order valence-corrected chi connectivity index (χ2v) is 6.74. The van der Waals surface area contributed by atoms with E-state index in [1.165, 1.54) is 0 Å². The van der Waals surface area contributed by atoms with E-state index in [-0.39, 0.29) is 0 Å². The summed E-state index contributed by atoms with van der Waals surface area (Å²) < 4.78 is 12.2. The predicted octanol–water partition coefficient (Wildman–Crippen LogP) is 2.42. The predicted molar refractivity (Wildman–Crippen MR) is 57.3 cm³/mol. The molecular formula is C10H16NOP. The molecule has 0 fully saturated rings. The van der Waals surface area contributed by atoms with E-state index in [4.69, 9.17) is 0 Å². The lowest BCUT2D eigenvalue weighted by Crippen LogP contribution is -2.09. The third-order valence-electron chi connectivity index (χ3n) is 2.39. The smallest absolute Gasteiger partial charge is 0.116 e. The summed E-state index contributed by atoms with van der Waals surface area (Å²) in [7, 11) is -2.12. The summed E-state index contributed by atoms with van der Waals surface area (Å²) >= 11 is 0. The van der Waals surface area contributed by atoms with Gasteiger partial charge in [0.05, 0.1) is 0 Å². The van der Waals surface area contributed by atoms with Crippen molar-refractivity contribution in [3.63, 3.8) is 0 Å². The van der Waals surface area contributed by atoms with Crippen LogP contribution in [0.25, 0.3) is 0 Å². The Bertz CT molecular complexity index is 310. The van der Waals surface area contributed by atoms with Crippen LogP contribution in [0.3, 0.4) is 0 Å². The van der Waals surface area contributed by atoms with Crippen LogP contribution in [0.5, 0.6) is 0 Å². The van der Waals surface area contributed by atoms with Gasteiger partial charge in [-0.15, -0.1) is 0 Å². The number of pyridine rings is 1. The van der Waals surface area contributed by atoms with E-state index in [2.05, 4.69) is 4.98 Å². The second-order valence-electron chi connectivity index (χ2n) is 3.18. The maximum atomic E-state index is 12.2. The van der Waals surface area contributed by atoms with Crippen molar-refractivity contribution in [3.05, 3.63) is 24.0 Å². The second kappa shape index (κ2) is 4.06. The van der Waals surface area contributed by atoms with Crippen LogP contribution < -0.4 is 5.30 Å². The fourth-order valence-corrected chi connectivity index (χ4v) is 3.08. The van der Waals surface area contributed by atoms with Gasteiger partial charge < -0.3 is 4.57 Å². The molecule has 1 rings (SSSR count). The van der Waals surface area contributed by atoms with Gasteiger partial charge in [0.25, 0.3) is 0 Å². The molecule has 1 aromatic heterocycles. The zero-order valence-corrected chi connectivity index (χ0v) is 9.34. The molecule has 0 unspecified atom stereocenters. The van der Waals surface area contributed by atoms with Gasteiger partial charge in [-0.25, -0.2) is 0 Å². The number of nitrogens with zero attached hydrogens (tertiary/aromatic N) is 1. The van der Waals surface area contributed by atoms with Gasteiger partial charge in [0.2, 0.25) is 0 Å². The molecular weight excluding hydrogens is 181 g/mol. The molecule has 0 amide bonds. The molecule has 1 heterocycles. The van der Waals surface area contributed by atoms with Crippen molar-refractivity contribution in [1.29, 1.82) is 0 Å². The minimum absolute atomic E-state index is 0.730. The monoisotopic (exact) mass is 197 g/mol. The molecule has 0 spiro atoms. The van der Waals surface area contributed by atoms with Crippen LogP contribution in [0.15, 0.2) is 18.3 Å². The maximum absolute atomic E-state index is 12.2. The van der Waals surface area contributed by atoms with Crippen molar-refractivity contribution in [3.8, 4) is 0 Å². The van der Waals surface area contributed by atoms with Gasteiger partial charge in [-0.05, 0) is 19.1 Å². The number of rotatable bonds is 3. The Labute approximate surface area is 79.8 Å². The van der Waals surface area contributed by atoms with E-state index in [1.807, 2.05) is 32.9 Å². The lowest BCUT2D eigenvalue weighted by molar-refractivity contribution is 0.582. The van der Waals surface area contributed by atoms with Crippen molar-refractivity contribution in [2.75, 3.05) is 12.3 Å². The first-order chi connectivity index (χ1) is 6.12. The average Bonchev–Trinajstić information content (AvgIpc) is 2.18. The Balaban J connectivity index is 3.07. The number of aromatic nitrogens is 1. The molecule has 0 aliphatic rings.